The number of hydrogen-bond donors (Lipinski definition) is 1. The largest absolute Gasteiger partial charge is 0.493 e. The number of carbonyl (C=O) groups is 1. The Morgan fingerprint density at radius 3 is 2.92 bits per heavy atom. The van der Waals surface area contributed by atoms with Crippen molar-refractivity contribution in [2.75, 3.05) is 7.11 Å². The number of nitrogens with one attached hydrogen (secondary N) is 1. The first-order valence-electron chi connectivity index (χ1n) is 12.0. The molecule has 5 rings (SSSR count). The van der Waals surface area contributed by atoms with Crippen molar-refractivity contribution in [1.29, 1.82) is 0 Å². The zero-order valence-corrected chi connectivity index (χ0v) is 22.1. The van der Waals surface area contributed by atoms with Gasteiger partial charge >= 0.3 is 0 Å². The lowest BCUT2D eigenvalue weighted by molar-refractivity contribution is -0.121. The van der Waals surface area contributed by atoms with Crippen molar-refractivity contribution in [2.45, 2.75) is 38.8 Å². The third kappa shape index (κ3) is 5.41. The maximum Gasteiger partial charge on any atom is 0.262 e. The lowest BCUT2D eigenvalue weighted by Gasteiger charge is -2.12. The second kappa shape index (κ2) is 11.3. The van der Waals surface area contributed by atoms with E-state index < -0.39 is 11.7 Å². The molecule has 1 N–H and O–H groups in total. The number of ether oxygens (including phenoxy) is 2. The fourth-order valence-corrected chi connectivity index (χ4v) is 5.80. The molecule has 196 valence electrons. The van der Waals surface area contributed by atoms with Gasteiger partial charge in [-0.2, -0.15) is 5.10 Å². The topological polar surface area (TPSA) is 94.8 Å². The summed E-state index contributed by atoms with van der Waals surface area (Å²) in [4.78, 5) is 31.9. The van der Waals surface area contributed by atoms with E-state index in [1.807, 2.05) is 0 Å². The average molecular weight is 555 g/mol. The van der Waals surface area contributed by atoms with Crippen LogP contribution in [0.3, 0.4) is 0 Å². The summed E-state index contributed by atoms with van der Waals surface area (Å²) in [6.07, 6.45) is 6.88. The first kappa shape index (κ1) is 25.9. The molecule has 11 heteroatoms. The van der Waals surface area contributed by atoms with E-state index in [4.69, 9.17) is 21.1 Å². The van der Waals surface area contributed by atoms with Crippen LogP contribution in [-0.4, -0.2) is 28.8 Å². The third-order valence-electron chi connectivity index (χ3n) is 6.28. The summed E-state index contributed by atoms with van der Waals surface area (Å²) in [5.74, 6) is -0.116. The van der Waals surface area contributed by atoms with E-state index in [-0.39, 0.29) is 29.3 Å². The number of aromatic nitrogens is 2. The van der Waals surface area contributed by atoms with Gasteiger partial charge in [-0.3, -0.25) is 14.2 Å². The molecular formula is C27H24ClFN4O4S. The Balaban J connectivity index is 1.23. The SMILES string of the molecule is COc1cc(/C=N\NC(=O)Cn2cnc3sc4c(c3c2=O)CCCC4)ccc1OCc1c(F)cccc1Cl. The lowest BCUT2D eigenvalue weighted by atomic mass is 9.97. The molecule has 1 aliphatic rings. The maximum absolute atomic E-state index is 14.0. The Morgan fingerprint density at radius 1 is 1.26 bits per heavy atom. The summed E-state index contributed by atoms with van der Waals surface area (Å²) in [6.45, 7) is -0.266. The summed E-state index contributed by atoms with van der Waals surface area (Å²) in [5.41, 5.74) is 4.19. The fourth-order valence-electron chi connectivity index (χ4n) is 4.37. The van der Waals surface area contributed by atoms with E-state index in [0.717, 1.165) is 36.1 Å². The zero-order valence-electron chi connectivity index (χ0n) is 20.5. The van der Waals surface area contributed by atoms with Gasteiger partial charge in [0.25, 0.3) is 11.5 Å². The van der Waals surface area contributed by atoms with Gasteiger partial charge in [-0.15, -0.1) is 11.3 Å². The second-order valence-corrected chi connectivity index (χ2v) is 10.3. The van der Waals surface area contributed by atoms with Gasteiger partial charge in [0.1, 0.15) is 23.8 Å². The number of hydrogen-bond acceptors (Lipinski definition) is 7. The molecule has 0 spiro atoms. The van der Waals surface area contributed by atoms with Crippen LogP contribution < -0.4 is 20.5 Å². The molecule has 1 aliphatic carbocycles. The molecule has 8 nitrogen and oxygen atoms in total. The number of nitrogens with zero attached hydrogens (tertiary/aromatic N) is 3. The molecule has 0 fully saturated rings. The molecule has 2 aromatic carbocycles. The molecule has 0 radical (unpaired) electrons. The molecule has 0 aliphatic heterocycles. The highest BCUT2D eigenvalue weighted by Crippen LogP contribution is 2.33. The molecule has 2 aromatic heterocycles. The van der Waals surface area contributed by atoms with Crippen LogP contribution in [0.25, 0.3) is 10.2 Å². The van der Waals surface area contributed by atoms with Crippen molar-refractivity contribution in [3.63, 3.8) is 0 Å². The predicted octanol–water partition coefficient (Wildman–Crippen LogP) is 4.87. The highest BCUT2D eigenvalue weighted by Gasteiger charge is 2.20. The van der Waals surface area contributed by atoms with Crippen molar-refractivity contribution in [3.05, 3.63) is 85.5 Å². The van der Waals surface area contributed by atoms with Gasteiger partial charge in [-0.25, -0.2) is 14.8 Å². The lowest BCUT2D eigenvalue weighted by Crippen LogP contribution is -2.30. The number of halogens is 2. The molecule has 1 amide bonds. The van der Waals surface area contributed by atoms with Crippen molar-refractivity contribution >= 4 is 45.3 Å². The van der Waals surface area contributed by atoms with Crippen LogP contribution in [0.15, 0.2) is 52.6 Å². The highest BCUT2D eigenvalue weighted by molar-refractivity contribution is 7.18. The van der Waals surface area contributed by atoms with Crippen LogP contribution in [0, 0.1) is 5.82 Å². The van der Waals surface area contributed by atoms with Gasteiger partial charge in [0, 0.05) is 10.4 Å². The molecule has 0 bridgehead atoms. The van der Waals surface area contributed by atoms with Gasteiger partial charge in [-0.1, -0.05) is 17.7 Å². The van der Waals surface area contributed by atoms with Crippen LogP contribution >= 0.6 is 22.9 Å². The Morgan fingerprint density at radius 2 is 2.11 bits per heavy atom. The van der Waals surface area contributed by atoms with Gasteiger partial charge in [0.05, 0.1) is 30.1 Å². The second-order valence-electron chi connectivity index (χ2n) is 8.76. The smallest absolute Gasteiger partial charge is 0.262 e. The number of hydrazone groups is 1. The maximum atomic E-state index is 14.0. The summed E-state index contributed by atoms with van der Waals surface area (Å²) >= 11 is 7.63. The van der Waals surface area contributed by atoms with E-state index in [2.05, 4.69) is 15.5 Å². The normalized spacial score (nSPS) is 13.0. The number of rotatable bonds is 8. The Hall–Kier alpha value is -3.76. The molecule has 0 saturated heterocycles. The molecule has 0 atom stereocenters. The number of methoxy groups -OCH3 is 1. The van der Waals surface area contributed by atoms with Crippen LogP contribution in [0.2, 0.25) is 5.02 Å². The van der Waals surface area contributed by atoms with E-state index in [9.17, 15) is 14.0 Å². The first-order valence-corrected chi connectivity index (χ1v) is 13.2. The first-order chi connectivity index (χ1) is 18.4. The van der Waals surface area contributed by atoms with E-state index in [1.165, 1.54) is 41.2 Å². The fraction of sp³-hybridized carbons (Fsp3) is 0.259. The van der Waals surface area contributed by atoms with Crippen LogP contribution in [0.1, 0.15) is 34.4 Å². The highest BCUT2D eigenvalue weighted by atomic mass is 35.5. The van der Waals surface area contributed by atoms with Crippen molar-refractivity contribution in [3.8, 4) is 11.5 Å². The third-order valence-corrected chi connectivity index (χ3v) is 7.83. The van der Waals surface area contributed by atoms with Gasteiger partial charge < -0.3 is 9.47 Å². The Bertz CT molecular complexity index is 1580. The van der Waals surface area contributed by atoms with E-state index in [1.54, 1.807) is 35.6 Å². The monoisotopic (exact) mass is 554 g/mol. The van der Waals surface area contributed by atoms with E-state index in [0.29, 0.717) is 22.4 Å². The minimum absolute atomic E-state index is 0.0699. The minimum Gasteiger partial charge on any atom is -0.493 e. The van der Waals surface area contributed by atoms with Gasteiger partial charge in [-0.05, 0) is 67.1 Å². The number of carbonyl (C=O) groups excluding carboxylic acids is 1. The summed E-state index contributed by atoms with van der Waals surface area (Å²) < 4.78 is 26.4. The average Bonchev–Trinajstić information content (AvgIpc) is 3.30. The summed E-state index contributed by atoms with van der Waals surface area (Å²) in [5, 5.41) is 4.90. The Kier molecular flexibility index (Phi) is 7.71. The van der Waals surface area contributed by atoms with Gasteiger partial charge in [0.15, 0.2) is 11.5 Å². The molecule has 38 heavy (non-hydrogen) atoms. The number of aryl methyl sites for hydroxylation is 2. The van der Waals surface area contributed by atoms with Crippen molar-refractivity contribution < 1.29 is 18.7 Å². The van der Waals surface area contributed by atoms with Crippen molar-refractivity contribution in [2.24, 2.45) is 5.10 Å². The van der Waals surface area contributed by atoms with Crippen LogP contribution in [0.5, 0.6) is 11.5 Å². The standard InChI is InChI=1S/C27H24ClFN4O4S/c1-36-22-11-16(9-10-21(22)37-14-18-19(28)6-4-7-20(18)29)12-31-32-24(34)13-33-15-30-26-25(27(33)35)17-5-2-3-8-23(17)38-26/h4,6-7,9-12,15H,2-3,5,8,13-14H2,1H3,(H,32,34)/b31-12-. The Labute approximate surface area is 226 Å². The molecule has 0 saturated carbocycles. The molecular weight excluding hydrogens is 531 g/mol. The van der Waals surface area contributed by atoms with E-state index >= 15 is 0 Å². The molecule has 4 aromatic rings. The van der Waals surface area contributed by atoms with Gasteiger partial charge in [0.2, 0.25) is 0 Å². The summed E-state index contributed by atoms with van der Waals surface area (Å²) in [7, 11) is 1.48. The van der Waals surface area contributed by atoms with Crippen LogP contribution in [-0.2, 0) is 30.8 Å². The minimum atomic E-state index is -0.456. The molecule has 2 heterocycles. The summed E-state index contributed by atoms with van der Waals surface area (Å²) in [6, 6.07) is 9.45. The quantitative estimate of drug-likeness (QED) is 0.248. The number of fused-ring (bicyclic) bond motifs is 3. The number of benzene rings is 2. The van der Waals surface area contributed by atoms with Crippen molar-refractivity contribution in [1.82, 2.24) is 15.0 Å². The van der Waals surface area contributed by atoms with Crippen LogP contribution in [0.4, 0.5) is 4.39 Å². The number of thiophene rings is 1. The molecule has 0 unspecified atom stereocenters. The predicted molar refractivity (Wildman–Crippen MR) is 145 cm³/mol. The zero-order chi connectivity index (χ0) is 26.6. The number of amides is 1.